The number of halogens is 1. The normalized spacial score (nSPS) is 20.2. The van der Waals surface area contributed by atoms with Gasteiger partial charge in [0.1, 0.15) is 0 Å². The van der Waals surface area contributed by atoms with Crippen LogP contribution in [0, 0.1) is 0 Å². The van der Waals surface area contributed by atoms with E-state index >= 15 is 0 Å². The molecule has 18 heavy (non-hydrogen) atoms. The first-order valence-electron chi connectivity index (χ1n) is 6.35. The summed E-state index contributed by atoms with van der Waals surface area (Å²) in [5.74, 6) is -0.704. The zero-order valence-electron chi connectivity index (χ0n) is 10.3. The van der Waals surface area contributed by atoms with Crippen LogP contribution in [0.25, 0.3) is 0 Å². The van der Waals surface area contributed by atoms with Gasteiger partial charge in [-0.15, -0.1) is 0 Å². The number of hydrogen-bond donors (Lipinski definition) is 1. The molecule has 98 valence electrons. The molecule has 1 aromatic rings. The fraction of sp³-hybridized carbons (Fsp3) is 0.500. The van der Waals surface area contributed by atoms with E-state index in [0.717, 1.165) is 37.4 Å². The Bertz CT molecular complexity index is 422. The van der Waals surface area contributed by atoms with E-state index in [4.69, 9.17) is 16.7 Å². The summed E-state index contributed by atoms with van der Waals surface area (Å²) in [5.41, 5.74) is 1.20. The van der Waals surface area contributed by atoms with E-state index in [1.165, 1.54) is 5.56 Å². The van der Waals surface area contributed by atoms with Crippen molar-refractivity contribution >= 4 is 17.6 Å². The van der Waals surface area contributed by atoms with Crippen LogP contribution in [0.5, 0.6) is 0 Å². The van der Waals surface area contributed by atoms with Crippen LogP contribution in [0.4, 0.5) is 0 Å². The second-order valence-electron chi connectivity index (χ2n) is 4.83. The van der Waals surface area contributed by atoms with Crippen LogP contribution in [0.3, 0.4) is 0 Å². The largest absolute Gasteiger partial charge is 0.481 e. The van der Waals surface area contributed by atoms with Gasteiger partial charge in [-0.05, 0) is 43.5 Å². The van der Waals surface area contributed by atoms with Gasteiger partial charge >= 0.3 is 5.97 Å². The van der Waals surface area contributed by atoms with E-state index in [1.807, 2.05) is 18.2 Å². The van der Waals surface area contributed by atoms with Crippen LogP contribution >= 0.6 is 11.6 Å². The fourth-order valence-corrected chi connectivity index (χ4v) is 2.80. The lowest BCUT2D eigenvalue weighted by Crippen LogP contribution is -2.29. The van der Waals surface area contributed by atoms with Crippen molar-refractivity contribution in [1.29, 1.82) is 0 Å². The molecule has 1 aliphatic heterocycles. The summed E-state index contributed by atoms with van der Waals surface area (Å²) in [4.78, 5) is 13.0. The minimum atomic E-state index is -0.704. The van der Waals surface area contributed by atoms with Gasteiger partial charge in [0.25, 0.3) is 0 Å². The minimum absolute atomic E-state index is 0.261. The van der Waals surface area contributed by atoms with Gasteiger partial charge in [-0.25, -0.2) is 0 Å². The predicted octanol–water partition coefficient (Wildman–Crippen LogP) is 3.17. The van der Waals surface area contributed by atoms with E-state index in [1.54, 1.807) is 0 Å². The van der Waals surface area contributed by atoms with Gasteiger partial charge in [-0.3, -0.25) is 9.69 Å². The number of likely N-dealkylation sites (tertiary alicyclic amines) is 1. The van der Waals surface area contributed by atoms with Crippen molar-refractivity contribution in [2.45, 2.75) is 38.3 Å². The average molecular weight is 268 g/mol. The molecule has 4 heteroatoms. The number of benzene rings is 1. The lowest BCUT2D eigenvalue weighted by Gasteiger charge is -2.24. The zero-order valence-corrected chi connectivity index (χ0v) is 11.1. The van der Waals surface area contributed by atoms with E-state index in [9.17, 15) is 4.79 Å². The van der Waals surface area contributed by atoms with Gasteiger partial charge < -0.3 is 5.11 Å². The van der Waals surface area contributed by atoms with E-state index < -0.39 is 5.97 Å². The molecule has 1 fully saturated rings. The second kappa shape index (κ2) is 6.21. The highest BCUT2D eigenvalue weighted by Crippen LogP contribution is 2.24. The number of hydrogen-bond acceptors (Lipinski definition) is 2. The third-order valence-corrected chi connectivity index (χ3v) is 3.70. The highest BCUT2D eigenvalue weighted by atomic mass is 35.5. The summed E-state index contributed by atoms with van der Waals surface area (Å²) in [5, 5.41) is 9.51. The van der Waals surface area contributed by atoms with Gasteiger partial charge in [-0.2, -0.15) is 0 Å². The van der Waals surface area contributed by atoms with Gasteiger partial charge in [0, 0.05) is 24.0 Å². The molecule has 0 radical (unpaired) electrons. The second-order valence-corrected chi connectivity index (χ2v) is 5.27. The molecule has 0 spiro atoms. The number of carbonyl (C=O) groups is 1. The van der Waals surface area contributed by atoms with Gasteiger partial charge in [0.05, 0.1) is 0 Å². The Kier molecular flexibility index (Phi) is 4.61. The number of aliphatic carboxylic acids is 1. The first-order valence-corrected chi connectivity index (χ1v) is 6.73. The molecule has 1 atom stereocenters. The summed E-state index contributed by atoms with van der Waals surface area (Å²) in [6.07, 6.45) is 3.27. The first kappa shape index (κ1) is 13.4. The molecule has 0 aliphatic carbocycles. The summed E-state index contributed by atoms with van der Waals surface area (Å²) in [6, 6.07) is 8.28. The van der Waals surface area contributed by atoms with Crippen LogP contribution in [0.2, 0.25) is 5.02 Å². The summed E-state index contributed by atoms with van der Waals surface area (Å²) in [7, 11) is 0. The summed E-state index contributed by atoms with van der Waals surface area (Å²) < 4.78 is 0. The Labute approximate surface area is 112 Å². The lowest BCUT2D eigenvalue weighted by molar-refractivity contribution is -0.137. The van der Waals surface area contributed by atoms with E-state index in [-0.39, 0.29) is 6.42 Å². The van der Waals surface area contributed by atoms with Gasteiger partial charge in [0.2, 0.25) is 0 Å². The molecule has 1 heterocycles. The lowest BCUT2D eigenvalue weighted by atomic mass is 10.1. The highest BCUT2D eigenvalue weighted by molar-refractivity contribution is 6.30. The van der Waals surface area contributed by atoms with Crippen LogP contribution in [-0.4, -0.2) is 28.6 Å². The van der Waals surface area contributed by atoms with Crippen LogP contribution in [-0.2, 0) is 11.3 Å². The van der Waals surface area contributed by atoms with Crippen molar-refractivity contribution in [1.82, 2.24) is 4.90 Å². The van der Waals surface area contributed by atoms with E-state index in [2.05, 4.69) is 11.0 Å². The predicted molar refractivity (Wildman–Crippen MR) is 71.8 cm³/mol. The number of rotatable bonds is 5. The Morgan fingerprint density at radius 2 is 2.33 bits per heavy atom. The molecule has 0 amide bonds. The number of nitrogens with zero attached hydrogens (tertiary/aromatic N) is 1. The molecule has 1 N–H and O–H groups in total. The third-order valence-electron chi connectivity index (χ3n) is 3.47. The topological polar surface area (TPSA) is 40.5 Å². The van der Waals surface area contributed by atoms with Crippen LogP contribution in [0.1, 0.15) is 31.2 Å². The average Bonchev–Trinajstić information content (AvgIpc) is 2.74. The Balaban J connectivity index is 1.93. The maximum Gasteiger partial charge on any atom is 0.303 e. The Morgan fingerprint density at radius 3 is 3.06 bits per heavy atom. The first-order chi connectivity index (χ1) is 8.65. The van der Waals surface area contributed by atoms with Crippen LogP contribution in [0.15, 0.2) is 24.3 Å². The monoisotopic (exact) mass is 267 g/mol. The fourth-order valence-electron chi connectivity index (χ4n) is 2.59. The van der Waals surface area contributed by atoms with Crippen molar-refractivity contribution in [2.24, 2.45) is 0 Å². The third kappa shape index (κ3) is 3.72. The molecule has 1 aromatic carbocycles. The molecule has 3 nitrogen and oxygen atoms in total. The van der Waals surface area contributed by atoms with Crippen molar-refractivity contribution in [3.05, 3.63) is 34.9 Å². The molecule has 0 saturated carbocycles. The Morgan fingerprint density at radius 1 is 1.50 bits per heavy atom. The Hall–Kier alpha value is -1.06. The van der Waals surface area contributed by atoms with Gasteiger partial charge in [0.15, 0.2) is 0 Å². The maximum atomic E-state index is 10.6. The molecule has 1 unspecified atom stereocenters. The molecule has 0 bridgehead atoms. The SMILES string of the molecule is O=C(O)CCC1CCCN1Cc1cccc(Cl)c1. The standard InChI is InChI=1S/C14H18ClNO2/c15-12-4-1-3-11(9-12)10-16-8-2-5-13(16)6-7-14(17)18/h1,3-4,9,13H,2,5-8,10H2,(H,17,18). The maximum absolute atomic E-state index is 10.6. The molecule has 1 aliphatic rings. The summed E-state index contributed by atoms with van der Waals surface area (Å²) >= 11 is 5.97. The quantitative estimate of drug-likeness (QED) is 0.891. The van der Waals surface area contributed by atoms with Crippen molar-refractivity contribution in [2.75, 3.05) is 6.54 Å². The van der Waals surface area contributed by atoms with Gasteiger partial charge in [-0.1, -0.05) is 23.7 Å². The molecule has 2 rings (SSSR count). The molecule has 1 saturated heterocycles. The minimum Gasteiger partial charge on any atom is -0.481 e. The summed E-state index contributed by atoms with van der Waals surface area (Å²) in [6.45, 7) is 1.92. The molecule has 0 aromatic heterocycles. The molecular formula is C14H18ClNO2. The highest BCUT2D eigenvalue weighted by Gasteiger charge is 2.24. The van der Waals surface area contributed by atoms with Crippen LogP contribution < -0.4 is 0 Å². The van der Waals surface area contributed by atoms with Crippen molar-refractivity contribution < 1.29 is 9.90 Å². The van der Waals surface area contributed by atoms with E-state index in [0.29, 0.717) is 6.04 Å². The zero-order chi connectivity index (χ0) is 13.0. The smallest absolute Gasteiger partial charge is 0.303 e. The molecular weight excluding hydrogens is 250 g/mol. The number of carboxylic acids is 1. The number of carboxylic acid groups (broad SMARTS) is 1. The van der Waals surface area contributed by atoms with Crippen molar-refractivity contribution in [3.8, 4) is 0 Å². The van der Waals surface area contributed by atoms with Crippen molar-refractivity contribution in [3.63, 3.8) is 0 Å².